The van der Waals surface area contributed by atoms with E-state index in [1.807, 2.05) is 12.2 Å². The first-order valence-corrected chi connectivity index (χ1v) is 23.2. The number of carbonyl (C=O) groups excluding carboxylic acids is 2. The summed E-state index contributed by atoms with van der Waals surface area (Å²) in [5, 5.41) is 50.1. The largest absolute Gasteiger partial charge is 0.472 e. The van der Waals surface area contributed by atoms with Gasteiger partial charge in [-0.2, -0.15) is 0 Å². The normalized spacial score (nSPS) is 23.1. The first kappa shape index (κ1) is 54.3. The highest BCUT2D eigenvalue weighted by molar-refractivity contribution is 7.47. The van der Waals surface area contributed by atoms with Crippen molar-refractivity contribution in [2.75, 3.05) is 13.2 Å². The van der Waals surface area contributed by atoms with Crippen LogP contribution in [-0.4, -0.2) is 98.3 Å². The van der Waals surface area contributed by atoms with Crippen LogP contribution >= 0.6 is 7.82 Å². The van der Waals surface area contributed by atoms with Crippen molar-refractivity contribution in [3.05, 3.63) is 72.9 Å². The molecule has 0 saturated heterocycles. The molecule has 1 aliphatic carbocycles. The zero-order valence-corrected chi connectivity index (χ0v) is 36.4. The summed E-state index contributed by atoms with van der Waals surface area (Å²) in [5.41, 5.74) is 0. The summed E-state index contributed by atoms with van der Waals surface area (Å²) in [5.74, 6) is -1.19. The number of esters is 2. The molecular formula is C45H75O13P. The molecular weight excluding hydrogens is 779 g/mol. The number of hydrogen-bond donors (Lipinski definition) is 6. The Bertz CT molecular complexity index is 1310. The lowest BCUT2D eigenvalue weighted by molar-refractivity contribution is -0.220. The Morgan fingerprint density at radius 1 is 0.542 bits per heavy atom. The molecule has 1 rings (SSSR count). The van der Waals surface area contributed by atoms with Crippen LogP contribution in [0.2, 0.25) is 0 Å². The molecule has 59 heavy (non-hydrogen) atoms. The minimum atomic E-state index is -5.14. The third-order valence-corrected chi connectivity index (χ3v) is 10.5. The highest BCUT2D eigenvalue weighted by Gasteiger charge is 2.51. The van der Waals surface area contributed by atoms with Crippen molar-refractivity contribution in [3.8, 4) is 0 Å². The quantitative estimate of drug-likeness (QED) is 0.0157. The highest BCUT2D eigenvalue weighted by atomic mass is 31.2. The van der Waals surface area contributed by atoms with Gasteiger partial charge in [0.1, 0.15) is 43.2 Å². The SMILES string of the molecule is CC/C=C/C/C=C/C/C=C/C/C=C/C/C=C/CCCC(=O)O[C@H](COC(=O)CCCCC/C=C/CCCCCCCC)COP(=O)(O)OC1C(O)C(O)C(O)[C@H](O)C1O. The third kappa shape index (κ3) is 27.7. The molecule has 13 nitrogen and oxygen atoms in total. The lowest BCUT2D eigenvalue weighted by Crippen LogP contribution is -2.64. The van der Waals surface area contributed by atoms with Crippen molar-refractivity contribution in [1.82, 2.24) is 0 Å². The number of aliphatic hydroxyl groups is 5. The van der Waals surface area contributed by atoms with Crippen molar-refractivity contribution in [3.63, 3.8) is 0 Å². The molecule has 0 aromatic heterocycles. The number of carbonyl (C=O) groups is 2. The first-order valence-electron chi connectivity index (χ1n) is 21.7. The van der Waals surface area contributed by atoms with Gasteiger partial charge < -0.3 is 39.9 Å². The predicted octanol–water partition coefficient (Wildman–Crippen LogP) is 7.94. The Labute approximate surface area is 353 Å². The van der Waals surface area contributed by atoms with Crippen LogP contribution in [0, 0.1) is 0 Å². The Kier molecular flexibility index (Phi) is 32.2. The predicted molar refractivity (Wildman–Crippen MR) is 230 cm³/mol. The van der Waals surface area contributed by atoms with Gasteiger partial charge >= 0.3 is 19.8 Å². The fourth-order valence-corrected chi connectivity index (χ4v) is 6.99. The summed E-state index contributed by atoms with van der Waals surface area (Å²) in [6.45, 7) is 3.09. The molecule has 6 N–H and O–H groups in total. The second-order valence-electron chi connectivity index (χ2n) is 14.8. The van der Waals surface area contributed by atoms with E-state index >= 15 is 0 Å². The van der Waals surface area contributed by atoms with Gasteiger partial charge in [-0.25, -0.2) is 4.57 Å². The number of rotatable bonds is 34. The second-order valence-corrected chi connectivity index (χ2v) is 16.2. The Morgan fingerprint density at radius 2 is 0.983 bits per heavy atom. The van der Waals surface area contributed by atoms with E-state index in [1.165, 1.54) is 38.5 Å². The Balaban J connectivity index is 2.56. The van der Waals surface area contributed by atoms with Crippen LogP contribution in [0.3, 0.4) is 0 Å². The van der Waals surface area contributed by atoms with E-state index in [0.29, 0.717) is 19.3 Å². The lowest BCUT2D eigenvalue weighted by Gasteiger charge is -2.41. The third-order valence-electron chi connectivity index (χ3n) is 9.53. The summed E-state index contributed by atoms with van der Waals surface area (Å²) in [4.78, 5) is 35.6. The van der Waals surface area contributed by atoms with Gasteiger partial charge in [0.15, 0.2) is 6.10 Å². The highest BCUT2D eigenvalue weighted by Crippen LogP contribution is 2.47. The van der Waals surface area contributed by atoms with Crippen LogP contribution in [0.15, 0.2) is 72.9 Å². The Morgan fingerprint density at radius 3 is 1.54 bits per heavy atom. The van der Waals surface area contributed by atoms with Gasteiger partial charge in [0, 0.05) is 12.8 Å². The smallest absolute Gasteiger partial charge is 0.462 e. The molecule has 8 atom stereocenters. The first-order chi connectivity index (χ1) is 28.4. The maximum absolute atomic E-state index is 12.8. The molecule has 0 bridgehead atoms. The molecule has 0 aliphatic heterocycles. The molecule has 0 heterocycles. The monoisotopic (exact) mass is 854 g/mol. The summed E-state index contributed by atoms with van der Waals surface area (Å²) in [6, 6.07) is 0. The van der Waals surface area contributed by atoms with Crippen LogP contribution in [0.1, 0.15) is 142 Å². The van der Waals surface area contributed by atoms with Crippen molar-refractivity contribution in [2.45, 2.75) is 185 Å². The van der Waals surface area contributed by atoms with Crippen LogP contribution in [0.5, 0.6) is 0 Å². The molecule has 0 radical (unpaired) electrons. The lowest BCUT2D eigenvalue weighted by atomic mass is 9.85. The minimum Gasteiger partial charge on any atom is -0.462 e. The molecule has 0 spiro atoms. The van der Waals surface area contributed by atoms with Gasteiger partial charge in [0.05, 0.1) is 6.61 Å². The maximum atomic E-state index is 12.8. The van der Waals surface area contributed by atoms with Crippen LogP contribution in [-0.2, 0) is 32.7 Å². The molecule has 0 aromatic rings. The van der Waals surface area contributed by atoms with Gasteiger partial charge in [-0.1, -0.05) is 125 Å². The van der Waals surface area contributed by atoms with Crippen molar-refractivity contribution in [1.29, 1.82) is 0 Å². The van der Waals surface area contributed by atoms with Gasteiger partial charge in [-0.05, 0) is 77.0 Å². The average molecular weight is 855 g/mol. The van der Waals surface area contributed by atoms with E-state index in [2.05, 4.69) is 74.6 Å². The number of aliphatic hydroxyl groups excluding tert-OH is 5. The zero-order valence-electron chi connectivity index (χ0n) is 35.5. The van der Waals surface area contributed by atoms with Crippen molar-refractivity contribution >= 4 is 19.8 Å². The number of phosphoric ester groups is 1. The average Bonchev–Trinajstić information content (AvgIpc) is 3.21. The summed E-state index contributed by atoms with van der Waals surface area (Å²) < 4.78 is 33.4. The van der Waals surface area contributed by atoms with Gasteiger partial charge in [0.2, 0.25) is 0 Å². The van der Waals surface area contributed by atoms with Gasteiger partial charge in [-0.15, -0.1) is 0 Å². The van der Waals surface area contributed by atoms with Gasteiger partial charge in [0.25, 0.3) is 0 Å². The van der Waals surface area contributed by atoms with Crippen molar-refractivity contribution in [2.24, 2.45) is 0 Å². The standard InChI is InChI=1S/C45H75O13P/c1-3-5-7-9-11-13-15-17-18-19-20-22-24-26-28-30-32-34-39(47)57-37(36-56-59(53,54)58-45-43(51)41(49)40(48)42(50)44(45)52)35-55-38(46)33-31-29-27-25-23-21-16-14-12-10-8-6-4-2/h5,7,11,13,17-18,20-23,26,28,37,40-45,48-52H,3-4,6,8-10,12,14-16,19,24-25,27,29-36H2,1-2H3,(H,53,54)/b7-5+,13-11+,18-17+,22-20+,23-21+,28-26+/t37-,40?,41+,42?,43?,44?,45?/m1/s1. The number of hydrogen-bond acceptors (Lipinski definition) is 12. The summed E-state index contributed by atoms with van der Waals surface area (Å²) in [6.07, 6.45) is 29.7. The molecule has 338 valence electrons. The summed E-state index contributed by atoms with van der Waals surface area (Å²) in [7, 11) is -5.14. The van der Waals surface area contributed by atoms with E-state index in [1.54, 1.807) is 0 Å². The molecule has 0 aromatic carbocycles. The van der Waals surface area contributed by atoms with E-state index in [4.69, 9.17) is 18.5 Å². The topological polar surface area (TPSA) is 210 Å². The number of unbranched alkanes of at least 4 members (excludes halogenated alkanes) is 10. The van der Waals surface area contributed by atoms with E-state index in [-0.39, 0.29) is 12.8 Å². The molecule has 6 unspecified atom stereocenters. The molecule has 1 aliphatic rings. The number of allylic oxidation sites excluding steroid dienone is 12. The van der Waals surface area contributed by atoms with E-state index in [9.17, 15) is 44.6 Å². The van der Waals surface area contributed by atoms with E-state index in [0.717, 1.165) is 57.8 Å². The fourth-order valence-electron chi connectivity index (χ4n) is 6.02. The van der Waals surface area contributed by atoms with Crippen LogP contribution < -0.4 is 0 Å². The summed E-state index contributed by atoms with van der Waals surface area (Å²) >= 11 is 0. The van der Waals surface area contributed by atoms with Crippen molar-refractivity contribution < 1.29 is 63.1 Å². The van der Waals surface area contributed by atoms with Gasteiger partial charge in [-0.3, -0.25) is 18.6 Å². The van der Waals surface area contributed by atoms with E-state index < -0.39 is 75.7 Å². The van der Waals surface area contributed by atoms with Crippen LogP contribution in [0.4, 0.5) is 0 Å². The zero-order chi connectivity index (χ0) is 43.6. The number of ether oxygens (including phenoxy) is 2. The second kappa shape index (κ2) is 34.9. The molecule has 1 saturated carbocycles. The maximum Gasteiger partial charge on any atom is 0.472 e. The molecule has 1 fully saturated rings. The molecule has 14 heteroatoms. The fraction of sp³-hybridized carbons (Fsp3) is 0.689. The minimum absolute atomic E-state index is 0.0119. The Hall–Kier alpha value is -2.71. The molecule has 0 amide bonds. The van der Waals surface area contributed by atoms with Crippen LogP contribution in [0.25, 0.3) is 0 Å². The number of phosphoric acid groups is 1.